The van der Waals surface area contributed by atoms with Crippen molar-refractivity contribution >= 4 is 17.0 Å². The first-order valence-electron chi connectivity index (χ1n) is 7.49. The highest BCUT2D eigenvalue weighted by atomic mass is 16.5. The van der Waals surface area contributed by atoms with E-state index in [-0.39, 0.29) is 5.60 Å². The van der Waals surface area contributed by atoms with Gasteiger partial charge in [-0.05, 0) is 51.8 Å². The maximum absolute atomic E-state index is 6.08. The van der Waals surface area contributed by atoms with E-state index in [1.54, 1.807) is 0 Å². The van der Waals surface area contributed by atoms with E-state index in [4.69, 9.17) is 4.74 Å². The zero-order chi connectivity index (χ0) is 15.2. The molecule has 1 aliphatic heterocycles. The molecule has 0 unspecified atom stereocenters. The van der Waals surface area contributed by atoms with Gasteiger partial charge in [0.15, 0.2) is 0 Å². The second-order valence-corrected chi connectivity index (χ2v) is 6.70. The number of benzene rings is 1. The lowest BCUT2D eigenvalue weighted by Crippen LogP contribution is -2.27. The molecule has 0 spiro atoms. The van der Waals surface area contributed by atoms with Gasteiger partial charge in [-0.3, -0.25) is 0 Å². The third-order valence-corrected chi connectivity index (χ3v) is 3.97. The fourth-order valence-corrected chi connectivity index (χ4v) is 2.81. The predicted octanol–water partition coefficient (Wildman–Crippen LogP) is 4.87. The summed E-state index contributed by atoms with van der Waals surface area (Å²) in [5.74, 6) is 0.977. The molecule has 2 nitrogen and oxygen atoms in total. The van der Waals surface area contributed by atoms with Crippen LogP contribution in [-0.2, 0) is 13.5 Å². The summed E-state index contributed by atoms with van der Waals surface area (Å²) in [4.78, 5) is 0. The predicted molar refractivity (Wildman–Crippen MR) is 89.8 cm³/mol. The largest absolute Gasteiger partial charge is 0.483 e. The topological polar surface area (TPSA) is 14.2 Å². The highest BCUT2D eigenvalue weighted by Crippen LogP contribution is 2.35. The molecule has 3 rings (SSSR count). The normalized spacial score (nSPS) is 15.7. The van der Waals surface area contributed by atoms with Crippen LogP contribution in [-0.4, -0.2) is 10.2 Å². The van der Waals surface area contributed by atoms with Crippen molar-refractivity contribution in [1.29, 1.82) is 0 Å². The molecule has 0 bridgehead atoms. The lowest BCUT2D eigenvalue weighted by atomic mass is 10.00. The summed E-state index contributed by atoms with van der Waals surface area (Å²) in [6, 6.07) is 4.42. The maximum Gasteiger partial charge on any atom is 0.129 e. The molecule has 0 radical (unpaired) electrons. The Labute approximate surface area is 126 Å². The second kappa shape index (κ2) is 4.80. The van der Waals surface area contributed by atoms with E-state index in [2.05, 4.69) is 75.9 Å². The van der Waals surface area contributed by atoms with Crippen molar-refractivity contribution in [1.82, 2.24) is 4.57 Å². The smallest absolute Gasteiger partial charge is 0.129 e. The van der Waals surface area contributed by atoms with Gasteiger partial charge in [-0.25, -0.2) is 0 Å². The molecule has 0 saturated carbocycles. The molecule has 0 fully saturated rings. The third-order valence-electron chi connectivity index (χ3n) is 3.97. The van der Waals surface area contributed by atoms with Crippen LogP contribution in [0.1, 0.15) is 38.8 Å². The summed E-state index contributed by atoms with van der Waals surface area (Å²) < 4.78 is 8.27. The quantitative estimate of drug-likeness (QED) is 0.716. The van der Waals surface area contributed by atoms with Gasteiger partial charge in [-0.15, -0.1) is 0 Å². The fraction of sp³-hybridized carbons (Fsp3) is 0.368. The monoisotopic (exact) mass is 281 g/mol. The van der Waals surface area contributed by atoms with Gasteiger partial charge in [0.2, 0.25) is 0 Å². The molecule has 0 N–H and O–H groups in total. The minimum absolute atomic E-state index is 0.225. The van der Waals surface area contributed by atoms with Gasteiger partial charge in [0.05, 0.1) is 5.52 Å². The number of allylic oxidation sites excluding steroid dienone is 2. The maximum atomic E-state index is 6.08. The lowest BCUT2D eigenvalue weighted by Gasteiger charge is -2.28. The number of fused-ring (bicyclic) bond motifs is 2. The molecule has 1 aromatic heterocycles. The Kier molecular flexibility index (Phi) is 3.20. The Morgan fingerprint density at radius 1 is 1.29 bits per heavy atom. The van der Waals surface area contributed by atoms with Gasteiger partial charge >= 0.3 is 0 Å². The van der Waals surface area contributed by atoms with E-state index < -0.39 is 0 Å². The molecule has 0 amide bonds. The molecule has 2 heteroatoms. The molecule has 0 aliphatic carbocycles. The van der Waals surface area contributed by atoms with Crippen LogP contribution in [0.25, 0.3) is 17.0 Å². The Morgan fingerprint density at radius 3 is 2.76 bits per heavy atom. The van der Waals surface area contributed by atoms with E-state index in [0.717, 1.165) is 12.2 Å². The number of hydrogen-bond acceptors (Lipinski definition) is 1. The van der Waals surface area contributed by atoms with Crippen LogP contribution in [0.15, 0.2) is 36.1 Å². The Hall–Kier alpha value is -1.96. The fourth-order valence-electron chi connectivity index (χ4n) is 2.81. The van der Waals surface area contributed by atoms with Crippen molar-refractivity contribution in [2.24, 2.45) is 7.05 Å². The van der Waals surface area contributed by atoms with Crippen LogP contribution < -0.4 is 4.74 Å². The van der Waals surface area contributed by atoms with Gasteiger partial charge in [0.1, 0.15) is 11.4 Å². The first-order chi connectivity index (χ1) is 9.85. The van der Waals surface area contributed by atoms with E-state index in [1.165, 1.54) is 27.6 Å². The Bertz CT molecular complexity index is 755. The molecule has 110 valence electrons. The molecule has 1 aromatic carbocycles. The Balaban J connectivity index is 2.13. The van der Waals surface area contributed by atoms with Crippen molar-refractivity contribution < 1.29 is 4.74 Å². The van der Waals surface area contributed by atoms with E-state index in [9.17, 15) is 0 Å². The van der Waals surface area contributed by atoms with Gasteiger partial charge in [0.25, 0.3) is 0 Å². The van der Waals surface area contributed by atoms with E-state index in [0.29, 0.717) is 0 Å². The van der Waals surface area contributed by atoms with Crippen molar-refractivity contribution in [2.45, 2.75) is 39.7 Å². The summed E-state index contributed by atoms with van der Waals surface area (Å²) in [6.45, 7) is 8.46. The average Bonchev–Trinajstić information content (AvgIpc) is 2.69. The van der Waals surface area contributed by atoms with Crippen molar-refractivity contribution in [3.63, 3.8) is 0 Å². The molecular formula is C19H23NO. The minimum Gasteiger partial charge on any atom is -0.483 e. The molecule has 0 saturated heterocycles. The molecule has 2 heterocycles. The number of rotatable bonds is 2. The average molecular weight is 281 g/mol. The minimum atomic E-state index is -0.225. The SMILES string of the molecule is CC(C)=CCc1cn(C)c2cc3c(cc12)C=CC(C)(C)O3. The molecule has 2 aromatic rings. The number of aromatic nitrogens is 1. The van der Waals surface area contributed by atoms with E-state index >= 15 is 0 Å². The summed E-state index contributed by atoms with van der Waals surface area (Å²) in [5, 5.41) is 1.32. The number of nitrogens with zero attached hydrogens (tertiary/aromatic N) is 1. The zero-order valence-electron chi connectivity index (χ0n) is 13.5. The molecule has 21 heavy (non-hydrogen) atoms. The number of aryl methyl sites for hydroxylation is 1. The standard InChI is InChI=1S/C19H23NO/c1-13(2)6-7-15-12-20(5)17-11-18-14(10-16(15)17)8-9-19(3,4)21-18/h6,8-12H,7H2,1-5H3. The molecular weight excluding hydrogens is 258 g/mol. The second-order valence-electron chi connectivity index (χ2n) is 6.70. The molecule has 0 atom stereocenters. The van der Waals surface area contributed by atoms with Crippen LogP contribution in [0.2, 0.25) is 0 Å². The van der Waals surface area contributed by atoms with Crippen LogP contribution in [0.5, 0.6) is 5.75 Å². The van der Waals surface area contributed by atoms with E-state index in [1.807, 2.05) is 0 Å². The van der Waals surface area contributed by atoms with Crippen molar-refractivity contribution in [3.8, 4) is 5.75 Å². The lowest BCUT2D eigenvalue weighted by molar-refractivity contribution is 0.159. The van der Waals surface area contributed by atoms with Gasteiger partial charge < -0.3 is 9.30 Å². The van der Waals surface area contributed by atoms with Crippen LogP contribution in [0.4, 0.5) is 0 Å². The first-order valence-corrected chi connectivity index (χ1v) is 7.49. The Morgan fingerprint density at radius 2 is 2.05 bits per heavy atom. The zero-order valence-corrected chi connectivity index (χ0v) is 13.5. The highest BCUT2D eigenvalue weighted by molar-refractivity contribution is 5.89. The van der Waals surface area contributed by atoms with Crippen LogP contribution >= 0.6 is 0 Å². The molecule has 1 aliphatic rings. The summed E-state index contributed by atoms with van der Waals surface area (Å²) in [5.41, 5.74) is 4.91. The van der Waals surface area contributed by atoms with Gasteiger partial charge in [-0.2, -0.15) is 0 Å². The third kappa shape index (κ3) is 2.63. The van der Waals surface area contributed by atoms with Crippen molar-refractivity contribution in [3.05, 3.63) is 47.2 Å². The van der Waals surface area contributed by atoms with Gasteiger partial charge in [0, 0.05) is 30.3 Å². The highest BCUT2D eigenvalue weighted by Gasteiger charge is 2.22. The van der Waals surface area contributed by atoms with Crippen LogP contribution in [0, 0.1) is 0 Å². The van der Waals surface area contributed by atoms with Gasteiger partial charge in [-0.1, -0.05) is 17.7 Å². The van der Waals surface area contributed by atoms with Crippen LogP contribution in [0.3, 0.4) is 0 Å². The first kappa shape index (κ1) is 14.0. The summed E-state index contributed by atoms with van der Waals surface area (Å²) in [7, 11) is 2.10. The number of ether oxygens (including phenoxy) is 1. The summed E-state index contributed by atoms with van der Waals surface area (Å²) in [6.07, 6.45) is 9.79. The summed E-state index contributed by atoms with van der Waals surface area (Å²) >= 11 is 0. The van der Waals surface area contributed by atoms with Crippen molar-refractivity contribution in [2.75, 3.05) is 0 Å². The number of hydrogen-bond donors (Lipinski definition) is 0.